The molecule has 3 nitrogen and oxygen atoms in total. The number of nitrogen functional groups attached to an aromatic ring is 1. The fourth-order valence-corrected chi connectivity index (χ4v) is 2.01. The molecule has 0 radical (unpaired) electrons. The Bertz CT molecular complexity index is 376. The number of nitrogens with two attached hydrogens (primary N) is 1. The largest absolute Gasteiger partial charge is 0.399 e. The molecule has 88 valence electrons. The number of benzene rings is 1. The summed E-state index contributed by atoms with van der Waals surface area (Å²) >= 11 is 0. The molecule has 1 saturated heterocycles. The molecule has 0 spiro atoms. The van der Waals surface area contributed by atoms with Gasteiger partial charge in [-0.1, -0.05) is 0 Å². The van der Waals surface area contributed by atoms with Crippen LogP contribution < -0.4 is 11.1 Å². The fraction of sp³-hybridized carbons (Fsp3) is 0.500. The second-order valence-corrected chi connectivity index (χ2v) is 4.58. The van der Waals surface area contributed by atoms with E-state index in [1.165, 1.54) is 12.1 Å². The molecule has 3 N–H and O–H groups in total. The molecule has 2 atom stereocenters. The van der Waals surface area contributed by atoms with Gasteiger partial charge in [0.2, 0.25) is 0 Å². The van der Waals surface area contributed by atoms with Crippen LogP contribution in [0.15, 0.2) is 18.2 Å². The minimum atomic E-state index is -0.322. The van der Waals surface area contributed by atoms with Crippen LogP contribution in [0.1, 0.15) is 20.3 Å². The van der Waals surface area contributed by atoms with Gasteiger partial charge in [0.25, 0.3) is 0 Å². The Morgan fingerprint density at radius 1 is 1.50 bits per heavy atom. The van der Waals surface area contributed by atoms with Gasteiger partial charge in [-0.25, -0.2) is 4.39 Å². The van der Waals surface area contributed by atoms with E-state index in [2.05, 4.69) is 12.2 Å². The van der Waals surface area contributed by atoms with Gasteiger partial charge in [-0.15, -0.1) is 0 Å². The molecular formula is C12H17FN2O. The van der Waals surface area contributed by atoms with Gasteiger partial charge >= 0.3 is 0 Å². The molecule has 1 aromatic rings. The van der Waals surface area contributed by atoms with Gasteiger partial charge in [0.1, 0.15) is 5.82 Å². The number of halogens is 1. The molecule has 1 aromatic carbocycles. The van der Waals surface area contributed by atoms with Gasteiger partial charge in [0, 0.05) is 18.0 Å². The van der Waals surface area contributed by atoms with Crippen LogP contribution in [0.3, 0.4) is 0 Å². The van der Waals surface area contributed by atoms with Crippen molar-refractivity contribution in [1.82, 2.24) is 0 Å². The van der Waals surface area contributed by atoms with E-state index >= 15 is 0 Å². The lowest BCUT2D eigenvalue weighted by molar-refractivity contribution is 0.105. The number of rotatable bonds is 2. The molecule has 0 aromatic heterocycles. The predicted octanol–water partition coefficient (Wildman–Crippen LogP) is 2.39. The Hall–Kier alpha value is -1.29. The molecule has 0 aliphatic carbocycles. The minimum absolute atomic E-state index is 0.108. The highest BCUT2D eigenvalue weighted by Crippen LogP contribution is 2.30. The van der Waals surface area contributed by atoms with Crippen LogP contribution in [-0.4, -0.2) is 18.2 Å². The Balaban J connectivity index is 2.20. The molecule has 2 unspecified atom stereocenters. The summed E-state index contributed by atoms with van der Waals surface area (Å²) in [6.07, 6.45) is 1.02. The summed E-state index contributed by atoms with van der Waals surface area (Å²) in [6.45, 7) is 4.82. The standard InChI is InChI=1S/C12H17FN2O/c1-8-12(2,3-4-16-8)15-11-6-9(13)5-10(14)7-11/h5-8,15H,3-4,14H2,1-2H3. The summed E-state index contributed by atoms with van der Waals surface area (Å²) in [7, 11) is 0. The first-order chi connectivity index (χ1) is 7.49. The van der Waals surface area contributed by atoms with Crippen LogP contribution in [0, 0.1) is 5.82 Å². The Morgan fingerprint density at radius 2 is 2.25 bits per heavy atom. The first-order valence-corrected chi connectivity index (χ1v) is 5.45. The maximum absolute atomic E-state index is 13.2. The molecule has 0 amide bonds. The summed E-state index contributed by atoms with van der Waals surface area (Å²) in [4.78, 5) is 0. The lowest BCUT2D eigenvalue weighted by atomic mass is 9.94. The van der Waals surface area contributed by atoms with Gasteiger partial charge < -0.3 is 15.8 Å². The summed E-state index contributed by atoms with van der Waals surface area (Å²) < 4.78 is 18.7. The zero-order valence-corrected chi connectivity index (χ0v) is 9.59. The number of ether oxygens (including phenoxy) is 1. The van der Waals surface area contributed by atoms with Crippen LogP contribution in [0.25, 0.3) is 0 Å². The van der Waals surface area contributed by atoms with E-state index in [1.54, 1.807) is 6.07 Å². The molecule has 1 heterocycles. The molecule has 16 heavy (non-hydrogen) atoms. The fourth-order valence-electron chi connectivity index (χ4n) is 2.01. The van der Waals surface area contributed by atoms with Crippen molar-refractivity contribution in [1.29, 1.82) is 0 Å². The van der Waals surface area contributed by atoms with E-state index in [0.29, 0.717) is 11.4 Å². The first-order valence-electron chi connectivity index (χ1n) is 5.45. The van der Waals surface area contributed by atoms with Crippen molar-refractivity contribution in [2.75, 3.05) is 17.7 Å². The lowest BCUT2D eigenvalue weighted by Gasteiger charge is -2.30. The topological polar surface area (TPSA) is 47.3 Å². The van der Waals surface area contributed by atoms with Crippen LogP contribution in [-0.2, 0) is 4.74 Å². The molecule has 1 aliphatic heterocycles. The monoisotopic (exact) mass is 224 g/mol. The van der Waals surface area contributed by atoms with Gasteiger partial charge in [-0.3, -0.25) is 0 Å². The van der Waals surface area contributed by atoms with Gasteiger partial charge in [-0.05, 0) is 38.5 Å². The summed E-state index contributed by atoms with van der Waals surface area (Å²) in [5.41, 5.74) is 6.58. The third-order valence-corrected chi connectivity index (χ3v) is 3.24. The van der Waals surface area contributed by atoms with E-state index in [-0.39, 0.29) is 17.5 Å². The van der Waals surface area contributed by atoms with E-state index in [4.69, 9.17) is 10.5 Å². The molecule has 2 rings (SSSR count). The van der Waals surface area contributed by atoms with Crippen LogP contribution in [0.2, 0.25) is 0 Å². The molecule has 4 heteroatoms. The summed E-state index contributed by atoms with van der Waals surface area (Å²) in [6, 6.07) is 4.49. The quantitative estimate of drug-likeness (QED) is 0.758. The lowest BCUT2D eigenvalue weighted by Crippen LogP contribution is -2.41. The SMILES string of the molecule is CC1OCCC1(C)Nc1cc(N)cc(F)c1. The maximum Gasteiger partial charge on any atom is 0.127 e. The number of hydrogen-bond acceptors (Lipinski definition) is 3. The van der Waals surface area contributed by atoms with Gasteiger partial charge in [0.05, 0.1) is 11.6 Å². The summed E-state index contributed by atoms with van der Waals surface area (Å²) in [5, 5.41) is 3.30. The van der Waals surface area contributed by atoms with Gasteiger partial charge in [-0.2, -0.15) is 0 Å². The van der Waals surface area contributed by atoms with Crippen LogP contribution in [0.4, 0.5) is 15.8 Å². The highest BCUT2D eigenvalue weighted by molar-refractivity contribution is 5.56. The van der Waals surface area contributed by atoms with Crippen molar-refractivity contribution in [3.8, 4) is 0 Å². The van der Waals surface area contributed by atoms with E-state index in [0.717, 1.165) is 13.0 Å². The third kappa shape index (κ3) is 2.11. The average molecular weight is 224 g/mol. The predicted molar refractivity (Wildman–Crippen MR) is 62.9 cm³/mol. The van der Waals surface area contributed by atoms with Crippen molar-refractivity contribution >= 4 is 11.4 Å². The Morgan fingerprint density at radius 3 is 2.81 bits per heavy atom. The molecule has 1 aliphatic rings. The minimum Gasteiger partial charge on any atom is -0.399 e. The Labute approximate surface area is 94.8 Å². The smallest absolute Gasteiger partial charge is 0.127 e. The van der Waals surface area contributed by atoms with Crippen molar-refractivity contribution in [2.24, 2.45) is 0 Å². The number of hydrogen-bond donors (Lipinski definition) is 2. The molecule has 0 saturated carbocycles. The normalized spacial score (nSPS) is 29.3. The van der Waals surface area contributed by atoms with E-state index in [9.17, 15) is 4.39 Å². The number of nitrogens with one attached hydrogen (secondary N) is 1. The molecular weight excluding hydrogens is 207 g/mol. The van der Waals surface area contributed by atoms with Gasteiger partial charge in [0.15, 0.2) is 0 Å². The van der Waals surface area contributed by atoms with Crippen molar-refractivity contribution < 1.29 is 9.13 Å². The highest BCUT2D eigenvalue weighted by Gasteiger charge is 2.36. The third-order valence-electron chi connectivity index (χ3n) is 3.24. The first kappa shape index (κ1) is 11.2. The maximum atomic E-state index is 13.2. The van der Waals surface area contributed by atoms with Crippen molar-refractivity contribution in [3.05, 3.63) is 24.0 Å². The van der Waals surface area contributed by atoms with E-state index in [1.807, 2.05) is 6.92 Å². The van der Waals surface area contributed by atoms with Crippen LogP contribution in [0.5, 0.6) is 0 Å². The number of anilines is 2. The zero-order valence-electron chi connectivity index (χ0n) is 9.59. The van der Waals surface area contributed by atoms with Crippen molar-refractivity contribution in [2.45, 2.75) is 31.9 Å². The second-order valence-electron chi connectivity index (χ2n) is 4.58. The summed E-state index contributed by atoms with van der Waals surface area (Å²) in [5.74, 6) is -0.322. The van der Waals surface area contributed by atoms with Crippen molar-refractivity contribution in [3.63, 3.8) is 0 Å². The van der Waals surface area contributed by atoms with E-state index < -0.39 is 0 Å². The second kappa shape index (κ2) is 3.94. The molecule has 1 fully saturated rings. The highest BCUT2D eigenvalue weighted by atomic mass is 19.1. The Kier molecular flexibility index (Phi) is 2.76. The average Bonchev–Trinajstić information content (AvgIpc) is 2.44. The zero-order chi connectivity index (χ0) is 11.8. The van der Waals surface area contributed by atoms with Crippen LogP contribution >= 0.6 is 0 Å². The molecule has 0 bridgehead atoms.